The number of nitrogens with zero attached hydrogens (tertiary/aromatic N) is 2. The van der Waals surface area contributed by atoms with Crippen LogP contribution in [-0.2, 0) is 14.3 Å². The van der Waals surface area contributed by atoms with E-state index in [1.54, 1.807) is 16.7 Å². The Labute approximate surface area is 151 Å². The lowest BCUT2D eigenvalue weighted by molar-refractivity contribution is -0.141. The number of ether oxygens (including phenoxy) is 1. The summed E-state index contributed by atoms with van der Waals surface area (Å²) in [6.45, 7) is 1.38. The van der Waals surface area contributed by atoms with Crippen molar-refractivity contribution in [2.24, 2.45) is 0 Å². The first-order chi connectivity index (χ1) is 12.1. The number of carbonyl (C=O) groups is 2. The van der Waals surface area contributed by atoms with Crippen molar-refractivity contribution in [3.05, 3.63) is 42.5 Å². The minimum absolute atomic E-state index is 0.0323. The molecule has 0 bridgehead atoms. The van der Waals surface area contributed by atoms with Gasteiger partial charge in [0.25, 0.3) is 0 Å². The average molecular weight is 358 g/mol. The van der Waals surface area contributed by atoms with Gasteiger partial charge in [0.05, 0.1) is 13.7 Å². The van der Waals surface area contributed by atoms with Crippen molar-refractivity contribution in [1.29, 1.82) is 0 Å². The molecule has 1 atom stereocenters. The maximum atomic E-state index is 12.6. The van der Waals surface area contributed by atoms with Crippen molar-refractivity contribution in [2.45, 2.75) is 5.25 Å². The van der Waals surface area contributed by atoms with Gasteiger partial charge in [-0.1, -0.05) is 30.3 Å². The summed E-state index contributed by atoms with van der Waals surface area (Å²) in [6, 6.07) is 14.3. The predicted octanol–water partition coefficient (Wildman–Crippen LogP) is 2.39. The van der Waals surface area contributed by atoms with Crippen LogP contribution in [0.4, 0.5) is 5.69 Å². The van der Waals surface area contributed by atoms with Crippen molar-refractivity contribution in [2.75, 3.05) is 44.4 Å². The van der Waals surface area contributed by atoms with Crippen LogP contribution in [0.2, 0.25) is 0 Å². The lowest BCUT2D eigenvalue weighted by atomic mass is 10.1. The maximum Gasteiger partial charge on any atom is 0.320 e. The Bertz CT molecular complexity index is 780. The number of rotatable bonds is 4. The fourth-order valence-corrected chi connectivity index (χ4v) is 4.09. The molecule has 0 aromatic heterocycles. The normalized spacial score (nSPS) is 17.4. The highest BCUT2D eigenvalue weighted by molar-refractivity contribution is 8.00. The summed E-state index contributed by atoms with van der Waals surface area (Å²) in [4.78, 5) is 28.0. The summed E-state index contributed by atoms with van der Waals surface area (Å²) in [5.41, 5.74) is 1.00. The first-order valence-electron chi connectivity index (χ1n) is 8.25. The standard InChI is InChI=1S/C19H22N2O3S/c1-20(16-8-7-14-5-3-4-6-15(14)11-16)13-18(22)21-9-10-25-17(12-21)19(23)24-2/h3-8,11,17H,9-10,12-13H2,1-2H3/t17-/m0/s1. The van der Waals surface area contributed by atoms with Gasteiger partial charge in [-0.15, -0.1) is 11.8 Å². The lowest BCUT2D eigenvalue weighted by Crippen LogP contribution is -2.48. The maximum absolute atomic E-state index is 12.6. The molecule has 2 aromatic rings. The van der Waals surface area contributed by atoms with Gasteiger partial charge >= 0.3 is 5.97 Å². The van der Waals surface area contributed by atoms with Crippen LogP contribution in [0.25, 0.3) is 10.8 Å². The van der Waals surface area contributed by atoms with Gasteiger partial charge in [0, 0.05) is 31.6 Å². The molecular weight excluding hydrogens is 336 g/mol. The van der Waals surface area contributed by atoms with Crippen molar-refractivity contribution >= 4 is 40.1 Å². The molecule has 0 unspecified atom stereocenters. The Morgan fingerprint density at radius 1 is 1.24 bits per heavy atom. The topological polar surface area (TPSA) is 49.9 Å². The molecule has 6 heteroatoms. The van der Waals surface area contributed by atoms with E-state index in [1.165, 1.54) is 12.5 Å². The fraction of sp³-hybridized carbons (Fsp3) is 0.368. The van der Waals surface area contributed by atoms with E-state index in [-0.39, 0.29) is 23.7 Å². The van der Waals surface area contributed by atoms with E-state index in [0.29, 0.717) is 13.1 Å². The highest BCUT2D eigenvalue weighted by atomic mass is 32.2. The highest BCUT2D eigenvalue weighted by Crippen LogP contribution is 2.23. The summed E-state index contributed by atoms with van der Waals surface area (Å²) in [7, 11) is 3.30. The summed E-state index contributed by atoms with van der Waals surface area (Å²) in [5.74, 6) is 0.529. The molecule has 2 aromatic carbocycles. The van der Waals surface area contributed by atoms with Gasteiger partial charge in [0.1, 0.15) is 5.25 Å². The highest BCUT2D eigenvalue weighted by Gasteiger charge is 2.29. The fourth-order valence-electron chi connectivity index (χ4n) is 2.96. The number of methoxy groups -OCH3 is 1. The molecule has 0 aliphatic carbocycles. The number of carbonyl (C=O) groups excluding carboxylic acids is 2. The number of anilines is 1. The third-order valence-corrected chi connectivity index (χ3v) is 5.59. The van der Waals surface area contributed by atoms with Crippen molar-refractivity contribution in [1.82, 2.24) is 4.90 Å². The van der Waals surface area contributed by atoms with E-state index in [4.69, 9.17) is 4.74 Å². The van der Waals surface area contributed by atoms with Crippen LogP contribution in [0.5, 0.6) is 0 Å². The van der Waals surface area contributed by atoms with Crippen LogP contribution >= 0.6 is 11.8 Å². The number of fused-ring (bicyclic) bond motifs is 1. The van der Waals surface area contributed by atoms with Crippen LogP contribution < -0.4 is 4.90 Å². The van der Waals surface area contributed by atoms with Gasteiger partial charge in [-0.25, -0.2) is 0 Å². The molecule has 3 rings (SSSR count). The summed E-state index contributed by atoms with van der Waals surface area (Å²) >= 11 is 1.55. The summed E-state index contributed by atoms with van der Waals surface area (Å²) in [5, 5.41) is 2.05. The van der Waals surface area contributed by atoms with E-state index in [1.807, 2.05) is 30.1 Å². The molecule has 0 radical (unpaired) electrons. The van der Waals surface area contributed by atoms with Crippen molar-refractivity contribution in [3.63, 3.8) is 0 Å². The third-order valence-electron chi connectivity index (χ3n) is 4.43. The third kappa shape index (κ3) is 4.07. The van der Waals surface area contributed by atoms with Crippen LogP contribution in [0.15, 0.2) is 42.5 Å². The quantitative estimate of drug-likeness (QED) is 0.786. The van der Waals surface area contributed by atoms with E-state index in [9.17, 15) is 9.59 Å². The van der Waals surface area contributed by atoms with E-state index in [0.717, 1.165) is 16.8 Å². The number of likely N-dealkylation sites (N-methyl/N-ethyl adjacent to an activating group) is 1. The number of amides is 1. The molecule has 1 aliphatic rings. The van der Waals surface area contributed by atoms with Gasteiger partial charge in [-0.2, -0.15) is 0 Å². The molecule has 1 aliphatic heterocycles. The number of hydrogen-bond acceptors (Lipinski definition) is 5. The Morgan fingerprint density at radius 3 is 2.76 bits per heavy atom. The average Bonchev–Trinajstić information content (AvgIpc) is 2.66. The molecule has 0 saturated carbocycles. The van der Waals surface area contributed by atoms with Gasteiger partial charge in [0.2, 0.25) is 5.91 Å². The molecule has 1 saturated heterocycles. The van der Waals surface area contributed by atoms with Gasteiger partial charge in [-0.3, -0.25) is 9.59 Å². The molecular formula is C19H22N2O3S. The number of thioether (sulfide) groups is 1. The monoisotopic (exact) mass is 358 g/mol. The second-order valence-electron chi connectivity index (χ2n) is 6.11. The Kier molecular flexibility index (Phi) is 5.48. The smallest absolute Gasteiger partial charge is 0.320 e. The second kappa shape index (κ2) is 7.78. The lowest BCUT2D eigenvalue weighted by Gasteiger charge is -2.32. The van der Waals surface area contributed by atoms with Crippen molar-refractivity contribution in [3.8, 4) is 0 Å². The Morgan fingerprint density at radius 2 is 2.00 bits per heavy atom. The Hall–Kier alpha value is -2.21. The summed E-state index contributed by atoms with van der Waals surface area (Å²) < 4.78 is 4.80. The van der Waals surface area contributed by atoms with Crippen LogP contribution in [0.3, 0.4) is 0 Å². The van der Waals surface area contributed by atoms with Gasteiger partial charge in [-0.05, 0) is 22.9 Å². The zero-order valence-corrected chi connectivity index (χ0v) is 15.3. The SMILES string of the molecule is COC(=O)[C@@H]1CN(C(=O)CN(C)c2ccc3ccccc3c2)CCS1. The minimum atomic E-state index is -0.284. The predicted molar refractivity (Wildman–Crippen MR) is 102 cm³/mol. The molecule has 5 nitrogen and oxygen atoms in total. The van der Waals surface area contributed by atoms with Crippen LogP contribution in [0.1, 0.15) is 0 Å². The second-order valence-corrected chi connectivity index (χ2v) is 7.42. The molecule has 1 fully saturated rings. The minimum Gasteiger partial charge on any atom is -0.468 e. The van der Waals surface area contributed by atoms with E-state index in [2.05, 4.69) is 24.3 Å². The Balaban J connectivity index is 1.65. The molecule has 0 N–H and O–H groups in total. The largest absolute Gasteiger partial charge is 0.468 e. The van der Waals surface area contributed by atoms with Crippen molar-refractivity contribution < 1.29 is 14.3 Å². The molecule has 1 heterocycles. The van der Waals surface area contributed by atoms with Gasteiger partial charge in [0.15, 0.2) is 0 Å². The number of benzene rings is 2. The van der Waals surface area contributed by atoms with Crippen LogP contribution in [0, 0.1) is 0 Å². The summed E-state index contributed by atoms with van der Waals surface area (Å²) in [6.07, 6.45) is 0. The first-order valence-corrected chi connectivity index (χ1v) is 9.30. The number of esters is 1. The van der Waals surface area contributed by atoms with E-state index >= 15 is 0 Å². The zero-order chi connectivity index (χ0) is 17.8. The molecule has 0 spiro atoms. The zero-order valence-electron chi connectivity index (χ0n) is 14.5. The molecule has 1 amide bonds. The number of hydrogen-bond donors (Lipinski definition) is 0. The molecule has 132 valence electrons. The van der Waals surface area contributed by atoms with E-state index < -0.39 is 0 Å². The van der Waals surface area contributed by atoms with Gasteiger partial charge < -0.3 is 14.5 Å². The first kappa shape index (κ1) is 17.6. The van der Waals surface area contributed by atoms with Crippen LogP contribution in [-0.4, -0.2) is 61.6 Å². The molecule has 25 heavy (non-hydrogen) atoms.